The van der Waals surface area contributed by atoms with E-state index in [1.54, 1.807) is 0 Å². The molecule has 2 heterocycles. The Balaban J connectivity index is 1.95. The maximum Gasteiger partial charge on any atom is 0.239 e. The van der Waals surface area contributed by atoms with E-state index in [1.165, 1.54) is 12.2 Å². The highest BCUT2D eigenvalue weighted by Gasteiger charge is 2.31. The van der Waals surface area contributed by atoms with E-state index in [2.05, 4.69) is 17.1 Å². The van der Waals surface area contributed by atoms with Crippen LogP contribution < -0.4 is 5.32 Å². The van der Waals surface area contributed by atoms with Gasteiger partial charge in [-0.3, -0.25) is 4.79 Å². The molecule has 0 aliphatic carbocycles. The predicted octanol–water partition coefficient (Wildman–Crippen LogP) is 1.09. The summed E-state index contributed by atoms with van der Waals surface area (Å²) >= 11 is 1.97. The SMILES string of the molecule is CCN(C(=O)[C@H]1CCCN1)[C@H]1CCSC1. The number of nitrogens with one attached hydrogen (secondary N) is 1. The molecule has 0 aromatic heterocycles. The molecule has 0 bridgehead atoms. The lowest BCUT2D eigenvalue weighted by Crippen LogP contribution is -2.48. The van der Waals surface area contributed by atoms with Gasteiger partial charge in [0.05, 0.1) is 6.04 Å². The Morgan fingerprint density at radius 3 is 2.93 bits per heavy atom. The van der Waals surface area contributed by atoms with Gasteiger partial charge in [0.1, 0.15) is 0 Å². The molecule has 0 saturated carbocycles. The van der Waals surface area contributed by atoms with E-state index in [0.717, 1.165) is 31.7 Å². The van der Waals surface area contributed by atoms with Gasteiger partial charge >= 0.3 is 0 Å². The summed E-state index contributed by atoms with van der Waals surface area (Å²) in [6, 6.07) is 0.602. The minimum atomic E-state index is 0.107. The third-order valence-electron chi connectivity index (χ3n) is 3.33. The quantitative estimate of drug-likeness (QED) is 0.785. The first-order valence-electron chi connectivity index (χ1n) is 5.94. The van der Waals surface area contributed by atoms with Crippen molar-refractivity contribution in [3.8, 4) is 0 Å². The van der Waals surface area contributed by atoms with E-state index in [4.69, 9.17) is 0 Å². The number of amides is 1. The van der Waals surface area contributed by atoms with Crippen molar-refractivity contribution in [2.24, 2.45) is 0 Å². The highest BCUT2D eigenvalue weighted by atomic mass is 32.2. The summed E-state index contributed by atoms with van der Waals surface area (Å²) in [7, 11) is 0. The minimum absolute atomic E-state index is 0.107. The molecule has 2 fully saturated rings. The number of hydrogen-bond acceptors (Lipinski definition) is 3. The monoisotopic (exact) mass is 228 g/mol. The molecule has 15 heavy (non-hydrogen) atoms. The van der Waals surface area contributed by atoms with E-state index >= 15 is 0 Å². The Morgan fingerprint density at radius 2 is 2.40 bits per heavy atom. The van der Waals surface area contributed by atoms with Gasteiger partial charge in [-0.2, -0.15) is 11.8 Å². The molecular formula is C11H20N2OS. The highest BCUT2D eigenvalue weighted by Crippen LogP contribution is 2.23. The number of hydrogen-bond donors (Lipinski definition) is 1. The smallest absolute Gasteiger partial charge is 0.239 e. The average Bonchev–Trinajstić information content (AvgIpc) is 2.91. The lowest BCUT2D eigenvalue weighted by atomic mass is 10.1. The van der Waals surface area contributed by atoms with Crippen molar-refractivity contribution in [1.82, 2.24) is 10.2 Å². The molecule has 2 rings (SSSR count). The molecule has 1 N–H and O–H groups in total. The lowest BCUT2D eigenvalue weighted by Gasteiger charge is -2.29. The summed E-state index contributed by atoms with van der Waals surface area (Å²) in [6.07, 6.45) is 3.35. The summed E-state index contributed by atoms with van der Waals surface area (Å²) in [4.78, 5) is 14.3. The Kier molecular flexibility index (Phi) is 3.92. The molecule has 4 heteroatoms. The summed E-state index contributed by atoms with van der Waals surface area (Å²) in [5.41, 5.74) is 0. The molecule has 0 aromatic carbocycles. The van der Waals surface area contributed by atoms with Gasteiger partial charge in [-0.25, -0.2) is 0 Å². The fourth-order valence-electron chi connectivity index (χ4n) is 2.46. The first kappa shape index (κ1) is 11.3. The molecular weight excluding hydrogens is 208 g/mol. The molecule has 0 radical (unpaired) electrons. The van der Waals surface area contributed by atoms with Crippen LogP contribution in [-0.2, 0) is 4.79 Å². The Hall–Kier alpha value is -0.220. The highest BCUT2D eigenvalue weighted by molar-refractivity contribution is 7.99. The molecule has 2 saturated heterocycles. The summed E-state index contributed by atoms with van der Waals surface area (Å²) in [6.45, 7) is 3.96. The van der Waals surface area contributed by atoms with E-state index < -0.39 is 0 Å². The largest absolute Gasteiger partial charge is 0.338 e. The maximum absolute atomic E-state index is 12.2. The van der Waals surface area contributed by atoms with E-state index in [9.17, 15) is 4.79 Å². The Bertz CT molecular complexity index is 223. The van der Waals surface area contributed by atoms with Gasteiger partial charge in [0.15, 0.2) is 0 Å². The first-order valence-corrected chi connectivity index (χ1v) is 7.10. The molecule has 0 unspecified atom stereocenters. The van der Waals surface area contributed by atoms with Crippen molar-refractivity contribution in [2.45, 2.75) is 38.3 Å². The summed E-state index contributed by atoms with van der Waals surface area (Å²) in [5.74, 6) is 2.68. The van der Waals surface area contributed by atoms with Crippen LogP contribution in [0.1, 0.15) is 26.2 Å². The third-order valence-corrected chi connectivity index (χ3v) is 4.47. The zero-order valence-corrected chi connectivity index (χ0v) is 10.2. The minimum Gasteiger partial charge on any atom is -0.338 e. The summed E-state index contributed by atoms with van der Waals surface area (Å²) < 4.78 is 0. The number of nitrogens with zero attached hydrogens (tertiary/aromatic N) is 1. The second kappa shape index (κ2) is 5.21. The van der Waals surface area contributed by atoms with Gasteiger partial charge < -0.3 is 10.2 Å². The van der Waals surface area contributed by atoms with Crippen molar-refractivity contribution in [2.75, 3.05) is 24.6 Å². The molecule has 2 aliphatic heterocycles. The van der Waals surface area contributed by atoms with Gasteiger partial charge in [-0.1, -0.05) is 0 Å². The van der Waals surface area contributed by atoms with Crippen molar-refractivity contribution >= 4 is 17.7 Å². The van der Waals surface area contributed by atoms with Crippen LogP contribution in [0.5, 0.6) is 0 Å². The second-order valence-corrected chi connectivity index (χ2v) is 5.44. The van der Waals surface area contributed by atoms with Crippen LogP contribution in [0.4, 0.5) is 0 Å². The molecule has 0 aromatic rings. The standard InChI is InChI=1S/C11H20N2OS/c1-2-13(9-5-7-15-8-9)11(14)10-4-3-6-12-10/h9-10,12H,2-8H2,1H3/t9-,10+/m0/s1. The van der Waals surface area contributed by atoms with Gasteiger partial charge in [0.25, 0.3) is 0 Å². The van der Waals surface area contributed by atoms with Gasteiger partial charge in [0.2, 0.25) is 5.91 Å². The van der Waals surface area contributed by atoms with Crippen LogP contribution in [0, 0.1) is 0 Å². The van der Waals surface area contributed by atoms with E-state index in [-0.39, 0.29) is 6.04 Å². The van der Waals surface area contributed by atoms with Gasteiger partial charge in [0, 0.05) is 18.3 Å². The van der Waals surface area contributed by atoms with E-state index in [1.807, 2.05) is 11.8 Å². The maximum atomic E-state index is 12.2. The Morgan fingerprint density at radius 1 is 1.53 bits per heavy atom. The van der Waals surface area contributed by atoms with Crippen LogP contribution in [-0.4, -0.2) is 47.5 Å². The number of carbonyl (C=O) groups excluding carboxylic acids is 1. The zero-order valence-electron chi connectivity index (χ0n) is 9.37. The topological polar surface area (TPSA) is 32.3 Å². The van der Waals surface area contributed by atoms with Crippen LogP contribution >= 0.6 is 11.8 Å². The van der Waals surface area contributed by atoms with Crippen LogP contribution in [0.15, 0.2) is 0 Å². The molecule has 3 nitrogen and oxygen atoms in total. The van der Waals surface area contributed by atoms with Crippen molar-refractivity contribution in [3.63, 3.8) is 0 Å². The van der Waals surface area contributed by atoms with Crippen molar-refractivity contribution < 1.29 is 4.79 Å². The first-order chi connectivity index (χ1) is 7.33. The zero-order chi connectivity index (χ0) is 10.7. The molecule has 2 aliphatic rings. The third kappa shape index (κ3) is 2.48. The Labute approximate surface area is 96.0 Å². The lowest BCUT2D eigenvalue weighted by molar-refractivity contribution is -0.134. The number of likely N-dealkylation sites (N-methyl/N-ethyl adjacent to an activating group) is 1. The molecule has 1 amide bonds. The molecule has 0 spiro atoms. The predicted molar refractivity (Wildman–Crippen MR) is 64.1 cm³/mol. The fourth-order valence-corrected chi connectivity index (χ4v) is 3.68. The number of rotatable bonds is 3. The molecule has 2 atom stereocenters. The number of thioether (sulfide) groups is 1. The van der Waals surface area contributed by atoms with Crippen LogP contribution in [0.25, 0.3) is 0 Å². The number of carbonyl (C=O) groups is 1. The average molecular weight is 228 g/mol. The van der Waals surface area contributed by atoms with Crippen LogP contribution in [0.2, 0.25) is 0 Å². The van der Waals surface area contributed by atoms with Gasteiger partial charge in [-0.05, 0) is 38.5 Å². The van der Waals surface area contributed by atoms with Crippen molar-refractivity contribution in [1.29, 1.82) is 0 Å². The van der Waals surface area contributed by atoms with Crippen molar-refractivity contribution in [3.05, 3.63) is 0 Å². The van der Waals surface area contributed by atoms with Gasteiger partial charge in [-0.15, -0.1) is 0 Å². The summed E-state index contributed by atoms with van der Waals surface area (Å²) in [5, 5.41) is 3.30. The van der Waals surface area contributed by atoms with Crippen LogP contribution in [0.3, 0.4) is 0 Å². The second-order valence-electron chi connectivity index (χ2n) is 4.29. The normalized spacial score (nSPS) is 30.7. The molecule has 86 valence electrons. The van der Waals surface area contributed by atoms with E-state index in [0.29, 0.717) is 11.9 Å². The fraction of sp³-hybridized carbons (Fsp3) is 0.909.